The van der Waals surface area contributed by atoms with Crippen LogP contribution < -0.4 is 15.0 Å². The van der Waals surface area contributed by atoms with E-state index in [1.807, 2.05) is 48.9 Å². The highest BCUT2D eigenvalue weighted by Gasteiger charge is 2.35. The van der Waals surface area contributed by atoms with Gasteiger partial charge in [-0.3, -0.25) is 9.59 Å². The number of carbonyl (C=O) groups excluding carboxylic acids is 2. The van der Waals surface area contributed by atoms with Crippen molar-refractivity contribution in [2.75, 3.05) is 51.2 Å². The Labute approximate surface area is 228 Å². The zero-order valence-electron chi connectivity index (χ0n) is 23.7. The third kappa shape index (κ3) is 6.87. The number of hydrogen-bond acceptors (Lipinski definition) is 5. The van der Waals surface area contributed by atoms with Crippen LogP contribution in [0.5, 0.6) is 5.75 Å². The summed E-state index contributed by atoms with van der Waals surface area (Å²) in [5.74, 6) is 1.33. The number of anilines is 1. The molecular weight excluding hydrogens is 476 g/mol. The van der Waals surface area contributed by atoms with Gasteiger partial charge in [-0.2, -0.15) is 0 Å². The summed E-state index contributed by atoms with van der Waals surface area (Å²) in [4.78, 5) is 32.5. The van der Waals surface area contributed by atoms with Gasteiger partial charge in [0.25, 0.3) is 5.91 Å². The third-order valence-electron chi connectivity index (χ3n) is 7.69. The topological polar surface area (TPSA) is 65.1 Å². The van der Waals surface area contributed by atoms with Crippen LogP contribution in [0.15, 0.2) is 48.5 Å². The minimum Gasteiger partial charge on any atom is -0.478 e. The van der Waals surface area contributed by atoms with Crippen molar-refractivity contribution < 1.29 is 14.3 Å². The molecule has 2 heterocycles. The molecule has 0 radical (unpaired) electrons. The van der Waals surface area contributed by atoms with Crippen molar-refractivity contribution in [3.8, 4) is 5.75 Å². The predicted octanol–water partition coefficient (Wildman–Crippen LogP) is 4.27. The van der Waals surface area contributed by atoms with E-state index in [0.29, 0.717) is 37.8 Å². The molecule has 0 spiro atoms. The van der Waals surface area contributed by atoms with Crippen LogP contribution >= 0.6 is 0 Å². The molecule has 206 valence electrons. The zero-order valence-corrected chi connectivity index (χ0v) is 23.7. The smallest absolute Gasteiger partial charge is 0.266 e. The first-order chi connectivity index (χ1) is 18.1. The fourth-order valence-electron chi connectivity index (χ4n) is 5.42. The van der Waals surface area contributed by atoms with Crippen molar-refractivity contribution in [2.24, 2.45) is 5.92 Å². The summed E-state index contributed by atoms with van der Waals surface area (Å²) in [6.45, 7) is 13.3. The lowest BCUT2D eigenvalue weighted by Gasteiger charge is -2.36. The number of ether oxygens (including phenoxy) is 1. The molecular formula is C31H44N4O3. The van der Waals surface area contributed by atoms with E-state index in [0.717, 1.165) is 43.7 Å². The first-order valence-electron chi connectivity index (χ1n) is 14.0. The quantitative estimate of drug-likeness (QED) is 0.563. The van der Waals surface area contributed by atoms with Crippen LogP contribution in [-0.4, -0.2) is 73.5 Å². The van der Waals surface area contributed by atoms with Crippen LogP contribution in [0.1, 0.15) is 57.6 Å². The second-order valence-corrected chi connectivity index (χ2v) is 11.5. The Morgan fingerprint density at radius 2 is 1.79 bits per heavy atom. The average molecular weight is 521 g/mol. The van der Waals surface area contributed by atoms with Gasteiger partial charge in [0.2, 0.25) is 5.91 Å². The van der Waals surface area contributed by atoms with E-state index < -0.39 is 5.60 Å². The molecule has 2 fully saturated rings. The van der Waals surface area contributed by atoms with E-state index in [9.17, 15) is 9.59 Å². The number of rotatable bonds is 8. The molecule has 0 saturated carbocycles. The third-order valence-corrected chi connectivity index (χ3v) is 7.69. The van der Waals surface area contributed by atoms with Gasteiger partial charge in [-0.25, -0.2) is 0 Å². The molecule has 1 N–H and O–H groups in total. The molecule has 2 aliphatic heterocycles. The van der Waals surface area contributed by atoms with Crippen LogP contribution in [0.3, 0.4) is 0 Å². The maximum atomic E-state index is 13.4. The Kier molecular flexibility index (Phi) is 8.98. The van der Waals surface area contributed by atoms with E-state index in [2.05, 4.69) is 54.4 Å². The average Bonchev–Trinajstić information content (AvgIpc) is 2.93. The van der Waals surface area contributed by atoms with Crippen molar-refractivity contribution >= 4 is 17.5 Å². The van der Waals surface area contributed by atoms with Crippen LogP contribution in [-0.2, 0) is 16.1 Å². The highest BCUT2D eigenvalue weighted by atomic mass is 16.5. The molecule has 7 heteroatoms. The number of carbonyl (C=O) groups is 2. The molecule has 38 heavy (non-hydrogen) atoms. The van der Waals surface area contributed by atoms with Gasteiger partial charge in [-0.15, -0.1) is 0 Å². The van der Waals surface area contributed by atoms with E-state index in [-0.39, 0.29) is 17.7 Å². The number of piperidine rings is 1. The molecule has 0 aliphatic carbocycles. The van der Waals surface area contributed by atoms with Crippen LogP contribution in [0, 0.1) is 5.92 Å². The largest absolute Gasteiger partial charge is 0.478 e. The van der Waals surface area contributed by atoms with Gasteiger partial charge in [0.05, 0.1) is 5.92 Å². The fourth-order valence-corrected chi connectivity index (χ4v) is 5.42. The second kappa shape index (κ2) is 12.2. The maximum absolute atomic E-state index is 13.4. The number of piperazine rings is 1. The van der Waals surface area contributed by atoms with Crippen molar-refractivity contribution in [1.29, 1.82) is 0 Å². The van der Waals surface area contributed by atoms with Gasteiger partial charge >= 0.3 is 0 Å². The lowest BCUT2D eigenvalue weighted by Crippen LogP contribution is -2.54. The molecule has 2 saturated heterocycles. The van der Waals surface area contributed by atoms with Crippen LogP contribution in [0.25, 0.3) is 0 Å². The molecule has 2 aromatic carbocycles. The molecule has 0 aromatic heterocycles. The van der Waals surface area contributed by atoms with E-state index in [1.165, 1.54) is 5.56 Å². The van der Waals surface area contributed by atoms with Crippen molar-refractivity contribution in [3.63, 3.8) is 0 Å². The van der Waals surface area contributed by atoms with E-state index >= 15 is 0 Å². The van der Waals surface area contributed by atoms with Crippen LogP contribution in [0.2, 0.25) is 0 Å². The maximum Gasteiger partial charge on any atom is 0.266 e. The number of nitrogens with one attached hydrogen (secondary N) is 1. The second-order valence-electron chi connectivity index (χ2n) is 11.5. The molecule has 2 amide bonds. The standard InChI is InChI=1S/C31H44N4O3/c1-23(2)25-13-11-24(12-14-25)21-33(5)29(36)26-8-7-17-35(22-26)27-9-6-10-28(20-27)38-31(3,4)30(37)34-18-15-32-16-19-34/h6,9-14,20,23,26,32H,7-8,15-19,21-22H2,1-5H3/t26-/m0/s1. The number of benzene rings is 2. The van der Waals surface area contributed by atoms with E-state index in [4.69, 9.17) is 4.74 Å². The molecule has 1 atom stereocenters. The minimum absolute atomic E-state index is 0.00918. The number of amides is 2. The SMILES string of the molecule is CC(C)c1ccc(CN(C)C(=O)[C@H]2CCCN(c3cccc(OC(C)(C)C(=O)N4CCNCC4)c3)C2)cc1. The van der Waals surface area contributed by atoms with Crippen molar-refractivity contribution in [1.82, 2.24) is 15.1 Å². The number of nitrogens with zero attached hydrogens (tertiary/aromatic N) is 3. The molecule has 7 nitrogen and oxygen atoms in total. The lowest BCUT2D eigenvalue weighted by molar-refractivity contribution is -0.146. The molecule has 0 bridgehead atoms. The van der Waals surface area contributed by atoms with Gasteiger partial charge < -0.3 is 24.8 Å². The Morgan fingerprint density at radius 1 is 1.08 bits per heavy atom. The first kappa shape index (κ1) is 28.0. The van der Waals surface area contributed by atoms with Gasteiger partial charge in [-0.1, -0.05) is 44.2 Å². The summed E-state index contributed by atoms with van der Waals surface area (Å²) >= 11 is 0. The van der Waals surface area contributed by atoms with Crippen LogP contribution in [0.4, 0.5) is 5.69 Å². The molecule has 2 aromatic rings. The molecule has 4 rings (SSSR count). The van der Waals surface area contributed by atoms with Gasteiger partial charge in [0.15, 0.2) is 5.60 Å². The van der Waals surface area contributed by atoms with Gasteiger partial charge in [0.1, 0.15) is 5.75 Å². The summed E-state index contributed by atoms with van der Waals surface area (Å²) in [5, 5.41) is 3.28. The molecule has 0 unspecified atom stereocenters. The monoisotopic (exact) mass is 520 g/mol. The van der Waals surface area contributed by atoms with Gasteiger partial charge in [-0.05, 0) is 55.9 Å². The Morgan fingerprint density at radius 3 is 2.47 bits per heavy atom. The predicted molar refractivity (Wildman–Crippen MR) is 153 cm³/mol. The summed E-state index contributed by atoms with van der Waals surface area (Å²) in [6.07, 6.45) is 1.86. The van der Waals surface area contributed by atoms with Gasteiger partial charge in [0, 0.05) is 64.6 Å². The number of hydrogen-bond donors (Lipinski definition) is 1. The summed E-state index contributed by atoms with van der Waals surface area (Å²) in [6, 6.07) is 16.5. The van der Waals surface area contributed by atoms with E-state index in [1.54, 1.807) is 0 Å². The minimum atomic E-state index is -0.952. The summed E-state index contributed by atoms with van der Waals surface area (Å²) in [5.41, 5.74) is 2.54. The Bertz CT molecular complexity index is 1090. The zero-order chi connectivity index (χ0) is 27.3. The Hall–Kier alpha value is -3.06. The van der Waals surface area contributed by atoms with Crippen molar-refractivity contribution in [2.45, 2.75) is 58.6 Å². The van der Waals surface area contributed by atoms with Crippen molar-refractivity contribution in [3.05, 3.63) is 59.7 Å². The normalized spacial score (nSPS) is 18.4. The summed E-state index contributed by atoms with van der Waals surface area (Å²) in [7, 11) is 1.91. The highest BCUT2D eigenvalue weighted by molar-refractivity contribution is 5.85. The first-order valence-corrected chi connectivity index (χ1v) is 14.0. The Balaban J connectivity index is 1.37. The summed E-state index contributed by atoms with van der Waals surface area (Å²) < 4.78 is 6.24. The lowest BCUT2D eigenvalue weighted by atomic mass is 9.95. The molecule has 2 aliphatic rings. The highest BCUT2D eigenvalue weighted by Crippen LogP contribution is 2.29. The fraction of sp³-hybridized carbons (Fsp3) is 0.548.